The molecule has 0 aromatic carbocycles. The first-order chi connectivity index (χ1) is 11.5. The van der Waals surface area contributed by atoms with E-state index in [0.29, 0.717) is 5.92 Å². The molecule has 0 unspecified atom stereocenters. The van der Waals surface area contributed by atoms with E-state index >= 15 is 0 Å². The summed E-state index contributed by atoms with van der Waals surface area (Å²) >= 11 is 1.95. The second-order valence-electron chi connectivity index (χ2n) is 7.30. The summed E-state index contributed by atoms with van der Waals surface area (Å²) in [6.07, 6.45) is 2.28. The minimum Gasteiger partial charge on any atom is -0.483 e. The molecule has 3 rings (SSSR count). The number of ether oxygens (including phenoxy) is 1. The third kappa shape index (κ3) is 4.79. The lowest BCUT2D eigenvalue weighted by atomic mass is 9.76. The quantitative estimate of drug-likeness (QED) is 0.794. The highest BCUT2D eigenvalue weighted by Crippen LogP contribution is 2.41. The van der Waals surface area contributed by atoms with E-state index < -0.39 is 0 Å². The Hall–Kier alpha value is -0.950. The van der Waals surface area contributed by atoms with Gasteiger partial charge in [0.1, 0.15) is 0 Å². The van der Waals surface area contributed by atoms with Crippen LogP contribution in [-0.2, 0) is 22.5 Å². The van der Waals surface area contributed by atoms with Crippen molar-refractivity contribution in [3.05, 3.63) is 21.9 Å². The van der Waals surface area contributed by atoms with E-state index in [0.717, 1.165) is 45.2 Å². The van der Waals surface area contributed by atoms with Crippen LogP contribution in [0.3, 0.4) is 0 Å². The van der Waals surface area contributed by atoms with Crippen LogP contribution in [0, 0.1) is 17.3 Å². The van der Waals surface area contributed by atoms with E-state index in [4.69, 9.17) is 14.6 Å². The minimum absolute atomic E-state index is 0.00370. The fraction of sp³-hybridized carbons (Fsp3) is 0.722. The van der Waals surface area contributed by atoms with Crippen LogP contribution in [-0.4, -0.2) is 54.5 Å². The zero-order valence-electron chi connectivity index (χ0n) is 14.6. The molecule has 0 amide bonds. The zero-order chi connectivity index (χ0) is 17.6. The van der Waals surface area contributed by atoms with Gasteiger partial charge in [-0.25, -0.2) is 0 Å². The average Bonchev–Trinajstić information content (AvgIpc) is 3.12. The maximum absolute atomic E-state index is 9.83. The smallest absolute Gasteiger partial charge is 0.290 e. The number of carboxylic acid groups (broad SMARTS) is 1. The van der Waals surface area contributed by atoms with Crippen LogP contribution in [0.2, 0.25) is 0 Å². The molecule has 0 spiro atoms. The van der Waals surface area contributed by atoms with Gasteiger partial charge in [-0.3, -0.25) is 9.69 Å². The molecule has 3 heterocycles. The molecular formula is C18H29NO4S. The molecule has 24 heavy (non-hydrogen) atoms. The van der Waals surface area contributed by atoms with Gasteiger partial charge in [0.05, 0.1) is 13.2 Å². The van der Waals surface area contributed by atoms with Crippen molar-refractivity contribution in [2.45, 2.75) is 33.2 Å². The largest absolute Gasteiger partial charge is 0.483 e. The second-order valence-corrected chi connectivity index (χ2v) is 8.55. The molecule has 2 N–H and O–H groups in total. The number of hydrogen-bond acceptors (Lipinski definition) is 5. The first kappa shape index (κ1) is 19.4. The van der Waals surface area contributed by atoms with Crippen molar-refractivity contribution in [2.75, 3.05) is 32.9 Å². The lowest BCUT2D eigenvalue weighted by molar-refractivity contribution is -0.122. The minimum atomic E-state index is -0.250. The molecule has 1 aromatic heterocycles. The van der Waals surface area contributed by atoms with Gasteiger partial charge in [0.25, 0.3) is 6.47 Å². The van der Waals surface area contributed by atoms with Gasteiger partial charge < -0.3 is 14.9 Å². The Labute approximate surface area is 148 Å². The molecule has 136 valence electrons. The van der Waals surface area contributed by atoms with Crippen LogP contribution in [0.15, 0.2) is 12.1 Å². The van der Waals surface area contributed by atoms with Crippen molar-refractivity contribution in [1.29, 1.82) is 0 Å². The number of aliphatic hydroxyl groups is 1. The molecule has 2 saturated heterocycles. The van der Waals surface area contributed by atoms with Crippen molar-refractivity contribution in [3.63, 3.8) is 0 Å². The summed E-state index contributed by atoms with van der Waals surface area (Å²) < 4.78 is 5.64. The van der Waals surface area contributed by atoms with Crippen molar-refractivity contribution < 1.29 is 19.7 Å². The highest BCUT2D eigenvalue weighted by Gasteiger charge is 2.47. The van der Waals surface area contributed by atoms with Gasteiger partial charge in [0, 0.05) is 41.4 Å². The van der Waals surface area contributed by atoms with Crippen LogP contribution in [0.25, 0.3) is 0 Å². The van der Waals surface area contributed by atoms with E-state index in [2.05, 4.69) is 30.9 Å². The average molecular weight is 356 g/mol. The summed E-state index contributed by atoms with van der Waals surface area (Å²) in [7, 11) is 0. The standard InChI is InChI=1S/C17H27NO2S.CH2O2/c1-13(2)7-15-3-4-16(21-15)9-18-8-14-5-6-20-12-17(14,10-18)11-19;2-1-3/h3-4,13-14,19H,5-12H2,1-2H3;1H,(H,2,3)/t14-,17+;/m0./s1. The van der Waals surface area contributed by atoms with E-state index in [1.807, 2.05) is 11.3 Å². The van der Waals surface area contributed by atoms with Crippen LogP contribution < -0.4 is 0 Å². The number of hydrogen-bond donors (Lipinski definition) is 2. The second kappa shape index (κ2) is 8.94. The Balaban J connectivity index is 0.000000647. The summed E-state index contributed by atoms with van der Waals surface area (Å²) in [5.74, 6) is 1.33. The molecule has 5 nitrogen and oxygen atoms in total. The van der Waals surface area contributed by atoms with E-state index in [1.54, 1.807) is 0 Å². The van der Waals surface area contributed by atoms with Crippen LogP contribution in [0.4, 0.5) is 0 Å². The Morgan fingerprint density at radius 3 is 2.79 bits per heavy atom. The Kier molecular flexibility index (Phi) is 7.22. The number of fused-ring (bicyclic) bond motifs is 1. The fourth-order valence-corrected chi connectivity index (χ4v) is 5.06. The number of aliphatic hydroxyl groups excluding tert-OH is 1. The molecule has 6 heteroatoms. The molecule has 1 aromatic rings. The predicted molar refractivity (Wildman–Crippen MR) is 95.3 cm³/mol. The molecule has 2 aliphatic rings. The van der Waals surface area contributed by atoms with Gasteiger partial charge in [-0.1, -0.05) is 13.8 Å². The molecule has 0 radical (unpaired) electrons. The van der Waals surface area contributed by atoms with Gasteiger partial charge in [0.2, 0.25) is 0 Å². The topological polar surface area (TPSA) is 70.0 Å². The summed E-state index contributed by atoms with van der Waals surface area (Å²) in [5.41, 5.74) is -0.00370. The number of rotatable bonds is 5. The SMILES string of the molecule is CC(C)Cc1ccc(CN2C[C@@H]3CCOC[C@]3(CO)C2)s1.O=CO. The van der Waals surface area contributed by atoms with Gasteiger partial charge in [-0.05, 0) is 36.8 Å². The third-order valence-electron chi connectivity index (χ3n) is 4.90. The first-order valence-electron chi connectivity index (χ1n) is 8.59. The summed E-state index contributed by atoms with van der Waals surface area (Å²) in [5, 5.41) is 16.7. The normalized spacial score (nSPS) is 26.8. The highest BCUT2D eigenvalue weighted by atomic mass is 32.1. The fourth-order valence-electron chi connectivity index (χ4n) is 3.79. The van der Waals surface area contributed by atoms with Gasteiger partial charge in [-0.15, -0.1) is 11.3 Å². The highest BCUT2D eigenvalue weighted by molar-refractivity contribution is 7.11. The van der Waals surface area contributed by atoms with Crippen molar-refractivity contribution >= 4 is 17.8 Å². The lowest BCUT2D eigenvalue weighted by Crippen LogP contribution is -2.42. The van der Waals surface area contributed by atoms with Crippen molar-refractivity contribution in [3.8, 4) is 0 Å². The molecule has 0 saturated carbocycles. The molecule has 0 bridgehead atoms. The van der Waals surface area contributed by atoms with Crippen molar-refractivity contribution in [2.24, 2.45) is 17.3 Å². The predicted octanol–water partition coefficient (Wildman–Crippen LogP) is 2.48. The Morgan fingerprint density at radius 2 is 2.17 bits per heavy atom. The molecule has 2 fully saturated rings. The molecular weight excluding hydrogens is 326 g/mol. The van der Waals surface area contributed by atoms with Crippen LogP contribution in [0.1, 0.15) is 30.0 Å². The Morgan fingerprint density at radius 1 is 1.46 bits per heavy atom. The maximum atomic E-state index is 9.83. The number of nitrogens with zero attached hydrogens (tertiary/aromatic N) is 1. The third-order valence-corrected chi connectivity index (χ3v) is 6.00. The van der Waals surface area contributed by atoms with Crippen molar-refractivity contribution in [1.82, 2.24) is 4.90 Å². The number of thiophene rings is 1. The van der Waals surface area contributed by atoms with Gasteiger partial charge in [0.15, 0.2) is 0 Å². The monoisotopic (exact) mass is 355 g/mol. The summed E-state index contributed by atoms with van der Waals surface area (Å²) in [6.45, 7) is 9.27. The first-order valence-corrected chi connectivity index (χ1v) is 9.41. The Bertz CT molecular complexity index is 519. The molecule has 2 aliphatic heterocycles. The number of likely N-dealkylation sites (tertiary alicyclic amines) is 1. The molecule has 2 atom stereocenters. The van der Waals surface area contributed by atoms with Gasteiger partial charge >= 0.3 is 0 Å². The summed E-state index contributed by atoms with van der Waals surface area (Å²) in [4.78, 5) is 13.8. The van der Waals surface area contributed by atoms with Crippen LogP contribution in [0.5, 0.6) is 0 Å². The summed E-state index contributed by atoms with van der Waals surface area (Å²) in [6, 6.07) is 4.57. The zero-order valence-corrected chi connectivity index (χ0v) is 15.4. The van der Waals surface area contributed by atoms with E-state index in [-0.39, 0.29) is 18.5 Å². The van der Waals surface area contributed by atoms with E-state index in [1.165, 1.54) is 16.2 Å². The lowest BCUT2D eigenvalue weighted by Gasteiger charge is -2.36. The molecule has 0 aliphatic carbocycles. The number of carbonyl (C=O) groups is 1. The maximum Gasteiger partial charge on any atom is 0.290 e. The van der Waals surface area contributed by atoms with Gasteiger partial charge in [-0.2, -0.15) is 0 Å². The van der Waals surface area contributed by atoms with Crippen LogP contribution >= 0.6 is 11.3 Å². The van der Waals surface area contributed by atoms with E-state index in [9.17, 15) is 5.11 Å².